The van der Waals surface area contributed by atoms with E-state index in [0.717, 1.165) is 22.7 Å². The number of hydrogen-bond donors (Lipinski definition) is 1. The summed E-state index contributed by atoms with van der Waals surface area (Å²) in [5.74, 6) is 1.55. The summed E-state index contributed by atoms with van der Waals surface area (Å²) in [6.07, 6.45) is 1.75. The van der Waals surface area contributed by atoms with E-state index in [2.05, 4.69) is 36.1 Å². The van der Waals surface area contributed by atoms with Gasteiger partial charge in [0.25, 0.3) is 0 Å². The van der Waals surface area contributed by atoms with Crippen molar-refractivity contribution in [1.82, 2.24) is 14.9 Å². The Labute approximate surface area is 158 Å². The van der Waals surface area contributed by atoms with Crippen LogP contribution in [0.15, 0.2) is 59.7 Å². The zero-order valence-electron chi connectivity index (χ0n) is 15.1. The number of aromatic nitrogens is 3. The Bertz CT molecular complexity index is 952. The number of nitrogens with zero attached hydrogens (tertiary/aromatic N) is 3. The molecule has 1 N–H and O–H groups in total. The van der Waals surface area contributed by atoms with Gasteiger partial charge >= 0.3 is 0 Å². The Morgan fingerprint density at radius 3 is 2.54 bits per heavy atom. The summed E-state index contributed by atoms with van der Waals surface area (Å²) in [7, 11) is 0. The van der Waals surface area contributed by atoms with E-state index in [0.29, 0.717) is 11.4 Å². The quantitative estimate of drug-likeness (QED) is 0.526. The van der Waals surface area contributed by atoms with Gasteiger partial charge in [0.15, 0.2) is 5.82 Å². The molecule has 0 atom stereocenters. The molecule has 134 valence electrons. The van der Waals surface area contributed by atoms with Crippen LogP contribution in [0.5, 0.6) is 5.75 Å². The average Bonchev–Trinajstić information content (AvgIpc) is 3.01. The first kappa shape index (κ1) is 18.1. The molecule has 6 heteroatoms. The predicted molar refractivity (Wildman–Crippen MR) is 106 cm³/mol. The van der Waals surface area contributed by atoms with Crippen molar-refractivity contribution in [2.75, 3.05) is 0 Å². The maximum Gasteiger partial charge on any atom is 0.216 e. The number of hydrogen-bond acceptors (Lipinski definition) is 4. The molecule has 5 nitrogen and oxygen atoms in total. The molecule has 2 aromatic carbocycles. The topological polar surface area (TPSA) is 55.2 Å². The van der Waals surface area contributed by atoms with Crippen molar-refractivity contribution in [3.05, 3.63) is 76.3 Å². The smallest absolute Gasteiger partial charge is 0.216 e. The highest BCUT2D eigenvalue weighted by molar-refractivity contribution is 7.71. The van der Waals surface area contributed by atoms with Crippen molar-refractivity contribution in [2.45, 2.75) is 32.8 Å². The first-order valence-electron chi connectivity index (χ1n) is 8.43. The molecule has 3 aromatic rings. The largest absolute Gasteiger partial charge is 0.488 e. The van der Waals surface area contributed by atoms with E-state index in [1.54, 1.807) is 10.9 Å². The SMILES string of the molecule is CC(C)(C)c1n[nH]c(=S)n1/N=C\c1ccccc1OCc1ccccc1. The number of aromatic amines is 1. The minimum Gasteiger partial charge on any atom is -0.488 e. The third-order valence-corrected chi connectivity index (χ3v) is 4.05. The van der Waals surface area contributed by atoms with Crippen LogP contribution in [0.3, 0.4) is 0 Å². The van der Waals surface area contributed by atoms with Gasteiger partial charge in [-0.25, -0.2) is 0 Å². The van der Waals surface area contributed by atoms with Crippen molar-refractivity contribution in [2.24, 2.45) is 5.10 Å². The van der Waals surface area contributed by atoms with E-state index in [4.69, 9.17) is 17.0 Å². The molecule has 0 saturated carbocycles. The van der Waals surface area contributed by atoms with Gasteiger partial charge in [0.1, 0.15) is 12.4 Å². The maximum atomic E-state index is 5.97. The van der Waals surface area contributed by atoms with E-state index in [-0.39, 0.29) is 5.41 Å². The van der Waals surface area contributed by atoms with Crippen LogP contribution in [0.4, 0.5) is 0 Å². The van der Waals surface area contributed by atoms with Crippen LogP contribution in [-0.2, 0) is 12.0 Å². The lowest BCUT2D eigenvalue weighted by Gasteiger charge is -2.16. The van der Waals surface area contributed by atoms with Crippen LogP contribution >= 0.6 is 12.2 Å². The molecule has 0 saturated heterocycles. The fraction of sp³-hybridized carbons (Fsp3) is 0.250. The van der Waals surface area contributed by atoms with Crippen molar-refractivity contribution >= 4 is 18.4 Å². The van der Waals surface area contributed by atoms with Gasteiger partial charge in [-0.3, -0.25) is 5.10 Å². The molecule has 0 bridgehead atoms. The molecular formula is C20H22N4OS. The van der Waals surface area contributed by atoms with Crippen LogP contribution in [-0.4, -0.2) is 21.1 Å². The molecule has 0 radical (unpaired) electrons. The molecule has 1 heterocycles. The predicted octanol–water partition coefficient (Wildman–Crippen LogP) is 4.70. The third kappa shape index (κ3) is 4.26. The van der Waals surface area contributed by atoms with Crippen molar-refractivity contribution in [1.29, 1.82) is 0 Å². The van der Waals surface area contributed by atoms with Crippen LogP contribution in [0.1, 0.15) is 37.7 Å². The molecule has 0 spiro atoms. The van der Waals surface area contributed by atoms with Crippen LogP contribution < -0.4 is 4.74 Å². The van der Waals surface area contributed by atoms with E-state index < -0.39 is 0 Å². The normalized spacial score (nSPS) is 11.8. The molecule has 0 amide bonds. The van der Waals surface area contributed by atoms with Gasteiger partial charge in [-0.05, 0) is 29.9 Å². The summed E-state index contributed by atoms with van der Waals surface area (Å²) >= 11 is 5.30. The number of benzene rings is 2. The summed E-state index contributed by atoms with van der Waals surface area (Å²) in [6, 6.07) is 17.9. The van der Waals surface area contributed by atoms with E-state index in [1.807, 2.05) is 54.6 Å². The van der Waals surface area contributed by atoms with Crippen molar-refractivity contribution < 1.29 is 4.74 Å². The van der Waals surface area contributed by atoms with Crippen LogP contribution in [0.25, 0.3) is 0 Å². The van der Waals surface area contributed by atoms with Gasteiger partial charge in [0.2, 0.25) is 4.77 Å². The summed E-state index contributed by atoms with van der Waals surface area (Å²) < 4.78 is 8.09. The molecular weight excluding hydrogens is 344 g/mol. The standard InChI is InChI=1S/C20H22N4OS/c1-20(2,3)18-22-23-19(26)24(18)21-13-16-11-7-8-12-17(16)25-14-15-9-5-4-6-10-15/h4-13H,14H2,1-3H3,(H,23,26)/b21-13-. The van der Waals surface area contributed by atoms with Gasteiger partial charge in [-0.1, -0.05) is 63.2 Å². The lowest BCUT2D eigenvalue weighted by molar-refractivity contribution is 0.306. The Morgan fingerprint density at radius 1 is 1.12 bits per heavy atom. The summed E-state index contributed by atoms with van der Waals surface area (Å²) in [5.41, 5.74) is 1.83. The average molecular weight is 366 g/mol. The summed E-state index contributed by atoms with van der Waals surface area (Å²) in [6.45, 7) is 6.72. The number of H-pyrrole nitrogens is 1. The van der Waals surface area contributed by atoms with E-state index in [1.165, 1.54) is 0 Å². The molecule has 1 aromatic heterocycles. The molecule has 0 unspecified atom stereocenters. The fourth-order valence-corrected chi connectivity index (χ4v) is 2.64. The van der Waals surface area contributed by atoms with Gasteiger partial charge in [-0.15, -0.1) is 0 Å². The molecule has 0 aliphatic rings. The summed E-state index contributed by atoms with van der Waals surface area (Å²) in [4.78, 5) is 0. The fourth-order valence-electron chi connectivity index (χ4n) is 2.46. The third-order valence-electron chi connectivity index (χ3n) is 3.79. The Hall–Kier alpha value is -2.73. The second-order valence-corrected chi connectivity index (χ2v) is 7.36. The first-order chi connectivity index (χ1) is 12.4. The Morgan fingerprint density at radius 2 is 1.81 bits per heavy atom. The van der Waals surface area contributed by atoms with Gasteiger partial charge in [0.05, 0.1) is 6.21 Å². The van der Waals surface area contributed by atoms with Gasteiger partial charge in [0, 0.05) is 11.0 Å². The lowest BCUT2D eigenvalue weighted by atomic mass is 9.96. The van der Waals surface area contributed by atoms with Gasteiger partial charge < -0.3 is 4.74 Å². The van der Waals surface area contributed by atoms with Crippen LogP contribution in [0, 0.1) is 4.77 Å². The molecule has 0 fully saturated rings. The Balaban J connectivity index is 1.84. The van der Waals surface area contributed by atoms with E-state index in [9.17, 15) is 0 Å². The van der Waals surface area contributed by atoms with Crippen LogP contribution in [0.2, 0.25) is 0 Å². The molecule has 0 aliphatic carbocycles. The second-order valence-electron chi connectivity index (χ2n) is 6.97. The highest BCUT2D eigenvalue weighted by Crippen LogP contribution is 2.21. The number of nitrogens with one attached hydrogen (secondary N) is 1. The zero-order chi connectivity index (χ0) is 18.6. The highest BCUT2D eigenvalue weighted by Gasteiger charge is 2.21. The molecule has 3 rings (SSSR count). The zero-order valence-corrected chi connectivity index (χ0v) is 16.0. The molecule has 26 heavy (non-hydrogen) atoms. The number of rotatable bonds is 5. The first-order valence-corrected chi connectivity index (χ1v) is 8.84. The monoisotopic (exact) mass is 366 g/mol. The van der Waals surface area contributed by atoms with E-state index >= 15 is 0 Å². The minimum atomic E-state index is -0.172. The van der Waals surface area contributed by atoms with Crippen molar-refractivity contribution in [3.8, 4) is 5.75 Å². The summed E-state index contributed by atoms with van der Waals surface area (Å²) in [5, 5.41) is 11.6. The molecule has 0 aliphatic heterocycles. The highest BCUT2D eigenvalue weighted by atomic mass is 32.1. The van der Waals surface area contributed by atoms with Crippen molar-refractivity contribution in [3.63, 3.8) is 0 Å². The van der Waals surface area contributed by atoms with Gasteiger partial charge in [-0.2, -0.15) is 14.9 Å². The number of ether oxygens (including phenoxy) is 1. The Kier molecular flexibility index (Phi) is 5.32. The number of para-hydroxylation sites is 1. The maximum absolute atomic E-state index is 5.97. The lowest BCUT2D eigenvalue weighted by Crippen LogP contribution is -2.17. The minimum absolute atomic E-state index is 0.172. The second kappa shape index (κ2) is 7.66.